The van der Waals surface area contributed by atoms with E-state index in [0.29, 0.717) is 62.9 Å². The fourth-order valence-electron chi connectivity index (χ4n) is 3.73. The number of piperazine rings is 1. The average molecular weight is 553 g/mol. The van der Waals surface area contributed by atoms with Crippen LogP contribution in [0.15, 0.2) is 23.2 Å². The number of thiazole rings is 1. The Balaban J connectivity index is 1.61. The lowest BCUT2D eigenvalue weighted by Crippen LogP contribution is -2.51. The van der Waals surface area contributed by atoms with Gasteiger partial charge in [0.05, 0.1) is 47.6 Å². The average Bonchev–Trinajstić information content (AvgIpc) is 3.24. The molecule has 11 nitrogen and oxygen atoms in total. The summed E-state index contributed by atoms with van der Waals surface area (Å²) in [4.78, 5) is 57.0. The number of nitrogens with zero attached hydrogens (tertiary/aromatic N) is 4. The summed E-state index contributed by atoms with van der Waals surface area (Å²) in [6.45, 7) is 7.23. The molecule has 0 unspecified atom stereocenters. The van der Waals surface area contributed by atoms with Gasteiger partial charge in [-0.2, -0.15) is 4.99 Å². The molecule has 0 bridgehead atoms. The van der Waals surface area contributed by atoms with Crippen LogP contribution in [0, 0.1) is 0 Å². The Morgan fingerprint density at radius 2 is 1.76 bits per heavy atom. The largest absolute Gasteiger partial charge is 0.465 e. The van der Waals surface area contributed by atoms with Crippen LogP contribution in [0.3, 0.4) is 0 Å². The SMILES string of the molecule is CCOCCn1c(=NC(=O)CSCC(=O)N2CCN(C(=O)OCC)CC2)sc2cc(C(=O)OC)ccc21. The zero-order chi connectivity index (χ0) is 26.8. The molecule has 1 saturated heterocycles. The maximum absolute atomic E-state index is 12.6. The van der Waals surface area contributed by atoms with Crippen LogP contribution in [0.4, 0.5) is 4.79 Å². The van der Waals surface area contributed by atoms with E-state index in [1.807, 2.05) is 17.6 Å². The molecule has 3 amide bonds. The normalized spacial score (nSPS) is 14.2. The molecule has 0 spiro atoms. The molecular weight excluding hydrogens is 520 g/mol. The molecule has 0 atom stereocenters. The Kier molecular flexibility index (Phi) is 11.0. The molecule has 0 radical (unpaired) electrons. The molecule has 0 N–H and O–H groups in total. The van der Waals surface area contributed by atoms with Crippen LogP contribution in [0.5, 0.6) is 0 Å². The minimum atomic E-state index is -0.436. The number of carbonyl (C=O) groups is 4. The van der Waals surface area contributed by atoms with Crippen molar-refractivity contribution in [2.75, 3.05) is 64.6 Å². The van der Waals surface area contributed by atoms with E-state index in [0.717, 1.165) is 10.2 Å². The minimum absolute atomic E-state index is 0.0572. The van der Waals surface area contributed by atoms with Crippen LogP contribution in [0.1, 0.15) is 24.2 Å². The highest BCUT2D eigenvalue weighted by Crippen LogP contribution is 2.20. The lowest BCUT2D eigenvalue weighted by Gasteiger charge is -2.34. The summed E-state index contributed by atoms with van der Waals surface area (Å²) in [7, 11) is 1.33. The van der Waals surface area contributed by atoms with Gasteiger partial charge >= 0.3 is 12.1 Å². The summed E-state index contributed by atoms with van der Waals surface area (Å²) in [6.07, 6.45) is -0.363. The zero-order valence-electron chi connectivity index (χ0n) is 21.3. The number of aromatic nitrogens is 1. The summed E-state index contributed by atoms with van der Waals surface area (Å²) < 4.78 is 18.0. The van der Waals surface area contributed by atoms with Crippen molar-refractivity contribution in [3.63, 3.8) is 0 Å². The Labute approximate surface area is 223 Å². The maximum atomic E-state index is 12.6. The third-order valence-corrected chi connectivity index (χ3v) is 7.54. The molecule has 3 rings (SSSR count). The molecule has 2 aromatic rings. The van der Waals surface area contributed by atoms with Crippen molar-refractivity contribution in [1.82, 2.24) is 14.4 Å². The summed E-state index contributed by atoms with van der Waals surface area (Å²) in [6, 6.07) is 5.21. The number of benzene rings is 1. The van der Waals surface area contributed by atoms with Gasteiger partial charge in [0.15, 0.2) is 4.80 Å². The molecule has 202 valence electrons. The summed E-state index contributed by atoms with van der Waals surface area (Å²) in [5, 5.41) is 0. The molecule has 0 aliphatic carbocycles. The quantitative estimate of drug-likeness (QED) is 0.324. The Hall–Kier alpha value is -2.90. The second kappa shape index (κ2) is 14.1. The van der Waals surface area contributed by atoms with Crippen molar-refractivity contribution >= 4 is 57.2 Å². The molecular formula is C24H32N4O7S2. The van der Waals surface area contributed by atoms with E-state index in [1.54, 1.807) is 28.9 Å². The highest BCUT2D eigenvalue weighted by molar-refractivity contribution is 8.00. The lowest BCUT2D eigenvalue weighted by atomic mass is 10.2. The van der Waals surface area contributed by atoms with Crippen LogP contribution in [0.25, 0.3) is 10.2 Å². The predicted octanol–water partition coefficient (Wildman–Crippen LogP) is 1.99. The van der Waals surface area contributed by atoms with Crippen LogP contribution in [-0.4, -0.2) is 103 Å². The topological polar surface area (TPSA) is 120 Å². The summed E-state index contributed by atoms with van der Waals surface area (Å²) in [5.41, 5.74) is 1.26. The van der Waals surface area contributed by atoms with Gasteiger partial charge in [-0.15, -0.1) is 11.8 Å². The lowest BCUT2D eigenvalue weighted by molar-refractivity contribution is -0.129. The van der Waals surface area contributed by atoms with E-state index in [2.05, 4.69) is 4.99 Å². The molecule has 0 saturated carbocycles. The van der Waals surface area contributed by atoms with Crippen LogP contribution in [0.2, 0.25) is 0 Å². The third-order valence-electron chi connectivity index (χ3n) is 5.60. The standard InChI is InChI=1S/C24H32N4O7S2/c1-4-34-13-12-28-18-7-6-17(22(31)33-3)14-19(18)37-23(28)25-20(29)15-36-16-21(30)26-8-10-27(11-9-26)24(32)35-5-2/h6-7,14H,4-5,8-13,15-16H2,1-3H3. The molecule has 1 aliphatic heterocycles. The second-order valence-electron chi connectivity index (χ2n) is 7.97. The number of methoxy groups -OCH3 is 1. The number of hydrogen-bond donors (Lipinski definition) is 0. The zero-order valence-corrected chi connectivity index (χ0v) is 22.9. The smallest absolute Gasteiger partial charge is 0.409 e. The van der Waals surface area contributed by atoms with Crippen molar-refractivity contribution in [2.45, 2.75) is 20.4 Å². The Morgan fingerprint density at radius 1 is 1.03 bits per heavy atom. The highest BCUT2D eigenvalue weighted by atomic mass is 32.2. The fraction of sp³-hybridized carbons (Fsp3) is 0.542. The first-order chi connectivity index (χ1) is 17.9. The minimum Gasteiger partial charge on any atom is -0.465 e. The number of hydrogen-bond acceptors (Lipinski definition) is 9. The van der Waals surface area contributed by atoms with Gasteiger partial charge in [0, 0.05) is 39.3 Å². The molecule has 1 aromatic heterocycles. The number of esters is 1. The second-order valence-corrected chi connectivity index (χ2v) is 9.97. The van der Waals surface area contributed by atoms with Crippen molar-refractivity contribution in [3.05, 3.63) is 28.6 Å². The molecule has 2 heterocycles. The molecule has 1 aliphatic rings. The van der Waals surface area contributed by atoms with E-state index in [-0.39, 0.29) is 29.4 Å². The Morgan fingerprint density at radius 3 is 2.43 bits per heavy atom. The molecule has 1 fully saturated rings. The van der Waals surface area contributed by atoms with Gasteiger partial charge in [0.1, 0.15) is 0 Å². The van der Waals surface area contributed by atoms with E-state index in [9.17, 15) is 19.2 Å². The summed E-state index contributed by atoms with van der Waals surface area (Å²) in [5.74, 6) is -0.657. The van der Waals surface area contributed by atoms with Crippen molar-refractivity contribution < 1.29 is 33.4 Å². The monoisotopic (exact) mass is 552 g/mol. The van der Waals surface area contributed by atoms with Crippen molar-refractivity contribution in [2.24, 2.45) is 4.99 Å². The van der Waals surface area contributed by atoms with Crippen LogP contribution in [-0.2, 0) is 30.3 Å². The third kappa shape index (κ3) is 7.79. The van der Waals surface area contributed by atoms with E-state index >= 15 is 0 Å². The van der Waals surface area contributed by atoms with E-state index in [1.165, 1.54) is 30.2 Å². The van der Waals surface area contributed by atoms with Gasteiger partial charge in [-0.1, -0.05) is 11.3 Å². The molecule has 1 aromatic carbocycles. The van der Waals surface area contributed by atoms with Crippen molar-refractivity contribution in [1.29, 1.82) is 0 Å². The van der Waals surface area contributed by atoms with Crippen molar-refractivity contribution in [3.8, 4) is 0 Å². The first-order valence-corrected chi connectivity index (χ1v) is 14.0. The number of thioether (sulfide) groups is 1. The van der Waals surface area contributed by atoms with Gasteiger partial charge in [-0.3, -0.25) is 9.59 Å². The first kappa shape index (κ1) is 28.7. The number of rotatable bonds is 10. The number of ether oxygens (including phenoxy) is 3. The van der Waals surface area contributed by atoms with Gasteiger partial charge in [0.2, 0.25) is 5.91 Å². The van der Waals surface area contributed by atoms with Crippen LogP contribution >= 0.6 is 23.1 Å². The first-order valence-electron chi connectivity index (χ1n) is 12.0. The van der Waals surface area contributed by atoms with Gasteiger partial charge in [0.25, 0.3) is 5.91 Å². The number of amides is 3. The van der Waals surface area contributed by atoms with Crippen LogP contribution < -0.4 is 4.80 Å². The highest BCUT2D eigenvalue weighted by Gasteiger charge is 2.24. The Bertz CT molecular complexity index is 1190. The predicted molar refractivity (Wildman–Crippen MR) is 141 cm³/mol. The van der Waals surface area contributed by atoms with E-state index in [4.69, 9.17) is 14.2 Å². The summed E-state index contributed by atoms with van der Waals surface area (Å²) >= 11 is 2.52. The fourth-order valence-corrected chi connectivity index (χ4v) is 5.54. The maximum Gasteiger partial charge on any atom is 0.409 e. The van der Waals surface area contributed by atoms with Gasteiger partial charge in [-0.25, -0.2) is 9.59 Å². The molecule has 37 heavy (non-hydrogen) atoms. The van der Waals surface area contributed by atoms with E-state index < -0.39 is 5.97 Å². The van der Waals surface area contributed by atoms with Gasteiger partial charge < -0.3 is 28.6 Å². The number of carbonyl (C=O) groups excluding carboxylic acids is 4. The molecule has 13 heteroatoms. The number of fused-ring (bicyclic) bond motifs is 1. The van der Waals surface area contributed by atoms with Gasteiger partial charge in [-0.05, 0) is 32.0 Å².